The van der Waals surface area contributed by atoms with Gasteiger partial charge in [0, 0.05) is 48.1 Å². The van der Waals surface area contributed by atoms with Crippen LogP contribution in [-0.2, 0) is 27.5 Å². The highest BCUT2D eigenvalue weighted by atomic mass is 16.2. The molecule has 2 heterocycles. The lowest BCUT2D eigenvalue weighted by Gasteiger charge is -2.26. The average molecular weight is 578 g/mol. The van der Waals surface area contributed by atoms with Gasteiger partial charge in [-0.15, -0.1) is 0 Å². The van der Waals surface area contributed by atoms with E-state index in [1.165, 1.54) is 0 Å². The molecule has 6 rings (SSSR count). The third-order valence-corrected chi connectivity index (χ3v) is 7.80. The van der Waals surface area contributed by atoms with Crippen LogP contribution in [0.25, 0.3) is 0 Å². The molecule has 4 aromatic rings. The van der Waals surface area contributed by atoms with E-state index in [0.717, 1.165) is 44.8 Å². The van der Waals surface area contributed by atoms with Crippen LogP contribution in [0.5, 0.6) is 0 Å². The van der Waals surface area contributed by atoms with E-state index in [9.17, 15) is 14.4 Å². The second-order valence-electron chi connectivity index (χ2n) is 10.8. The highest BCUT2D eigenvalue weighted by Crippen LogP contribution is 2.27. The molecule has 6 heteroatoms. The fourth-order valence-corrected chi connectivity index (χ4v) is 5.44. The molecule has 0 bridgehead atoms. The quantitative estimate of drug-likeness (QED) is 0.231. The predicted octanol–water partition coefficient (Wildman–Crippen LogP) is 5.21. The zero-order chi connectivity index (χ0) is 30.3. The second kappa shape index (κ2) is 13.3. The third kappa shape index (κ3) is 6.47. The monoisotopic (exact) mass is 577 g/mol. The Balaban J connectivity index is 1.04. The van der Waals surface area contributed by atoms with Crippen LogP contribution in [0.3, 0.4) is 0 Å². The van der Waals surface area contributed by atoms with E-state index < -0.39 is 0 Å². The molecule has 0 saturated carbocycles. The molecule has 44 heavy (non-hydrogen) atoms. The van der Waals surface area contributed by atoms with Gasteiger partial charge in [-0.05, 0) is 47.5 Å². The highest BCUT2D eigenvalue weighted by Gasteiger charge is 2.23. The molecule has 0 unspecified atom stereocenters. The lowest BCUT2D eigenvalue weighted by molar-refractivity contribution is -0.123. The first-order valence-electron chi connectivity index (χ1n) is 14.8. The van der Waals surface area contributed by atoms with Gasteiger partial charge in [-0.3, -0.25) is 14.4 Å². The van der Waals surface area contributed by atoms with Gasteiger partial charge < -0.3 is 15.1 Å². The van der Waals surface area contributed by atoms with Crippen molar-refractivity contribution in [2.75, 3.05) is 22.9 Å². The summed E-state index contributed by atoms with van der Waals surface area (Å²) in [4.78, 5) is 43.1. The predicted molar refractivity (Wildman–Crippen MR) is 172 cm³/mol. The Morgan fingerprint density at radius 1 is 0.545 bits per heavy atom. The summed E-state index contributed by atoms with van der Waals surface area (Å²) in [6, 6.07) is 30.9. The Morgan fingerprint density at radius 3 is 1.52 bits per heavy atom. The summed E-state index contributed by atoms with van der Waals surface area (Å²) in [5.74, 6) is 12.6. The number of Topliss-reactive ketones (excluding diaryl/α,β-unsaturated/α-hetero) is 1. The Bertz CT molecular complexity index is 1870. The van der Waals surface area contributed by atoms with Gasteiger partial charge in [-0.1, -0.05) is 84.3 Å². The standard InChI is InChI=1S/C38H31N3O3/c42-34(21-22-37(43)40-26-32-13-3-1-9-28(32)17-19-30-11-5-7-15-35(30)40)25-39-24-23-38(44)41-27-33-14-4-2-10-29(33)18-20-31-12-6-8-16-36(31)41/h1-16,39H,21-27H2. The van der Waals surface area contributed by atoms with E-state index in [1.807, 2.05) is 97.1 Å². The lowest BCUT2D eigenvalue weighted by Crippen LogP contribution is -2.35. The molecule has 1 N–H and O–H groups in total. The summed E-state index contributed by atoms with van der Waals surface area (Å²) in [5, 5.41) is 3.11. The highest BCUT2D eigenvalue weighted by molar-refractivity contribution is 5.97. The maximum absolute atomic E-state index is 13.4. The molecule has 4 aromatic carbocycles. The largest absolute Gasteiger partial charge is 0.310 e. The minimum Gasteiger partial charge on any atom is -0.310 e. The van der Waals surface area contributed by atoms with Crippen molar-refractivity contribution in [3.05, 3.63) is 130 Å². The van der Waals surface area contributed by atoms with Gasteiger partial charge in [-0.2, -0.15) is 0 Å². The molecule has 2 aliphatic rings. The zero-order valence-electron chi connectivity index (χ0n) is 24.3. The maximum Gasteiger partial charge on any atom is 0.228 e. The van der Waals surface area contributed by atoms with Crippen LogP contribution in [0.2, 0.25) is 0 Å². The number of carbonyl (C=O) groups excluding carboxylic acids is 3. The normalized spacial score (nSPS) is 12.6. The number of benzene rings is 4. The van der Waals surface area contributed by atoms with Crippen molar-refractivity contribution in [1.29, 1.82) is 0 Å². The SMILES string of the molecule is O=C(CCC(=O)N1Cc2ccccc2C#Cc2ccccc21)CNCCC(=O)N1Cc2ccccc2C#Cc2ccccc21. The van der Waals surface area contributed by atoms with Crippen molar-refractivity contribution in [2.24, 2.45) is 0 Å². The summed E-state index contributed by atoms with van der Waals surface area (Å²) >= 11 is 0. The van der Waals surface area contributed by atoms with E-state index >= 15 is 0 Å². The Morgan fingerprint density at radius 2 is 0.977 bits per heavy atom. The molecule has 0 saturated heterocycles. The van der Waals surface area contributed by atoms with Crippen LogP contribution in [0.1, 0.15) is 52.6 Å². The van der Waals surface area contributed by atoms with E-state index in [-0.39, 0.29) is 43.4 Å². The van der Waals surface area contributed by atoms with Gasteiger partial charge >= 0.3 is 0 Å². The molecule has 0 aliphatic carbocycles. The van der Waals surface area contributed by atoms with Crippen molar-refractivity contribution in [1.82, 2.24) is 5.32 Å². The molecule has 2 amide bonds. The molecule has 0 atom stereocenters. The molecule has 0 spiro atoms. The van der Waals surface area contributed by atoms with Crippen LogP contribution in [-0.4, -0.2) is 30.7 Å². The number of ketones is 1. The molecular formula is C38H31N3O3. The number of hydrogen-bond donors (Lipinski definition) is 1. The van der Waals surface area contributed by atoms with Crippen molar-refractivity contribution in [3.63, 3.8) is 0 Å². The molecule has 2 aliphatic heterocycles. The number of amides is 2. The van der Waals surface area contributed by atoms with Gasteiger partial charge in [0.05, 0.1) is 31.0 Å². The third-order valence-electron chi connectivity index (χ3n) is 7.80. The zero-order valence-corrected chi connectivity index (χ0v) is 24.3. The van der Waals surface area contributed by atoms with Crippen molar-refractivity contribution in [2.45, 2.75) is 32.4 Å². The number of fused-ring (bicyclic) bond motifs is 4. The Hall–Kier alpha value is -5.43. The molecule has 0 radical (unpaired) electrons. The van der Waals surface area contributed by atoms with Crippen LogP contribution >= 0.6 is 0 Å². The van der Waals surface area contributed by atoms with Gasteiger partial charge in [-0.25, -0.2) is 0 Å². The minimum absolute atomic E-state index is 0.0507. The number of nitrogens with one attached hydrogen (secondary N) is 1. The van der Waals surface area contributed by atoms with Crippen LogP contribution in [0, 0.1) is 23.7 Å². The summed E-state index contributed by atoms with van der Waals surface area (Å²) in [6.07, 6.45) is 0.427. The van der Waals surface area contributed by atoms with Crippen molar-refractivity contribution >= 4 is 29.0 Å². The fraction of sp³-hybridized carbons (Fsp3) is 0.184. The first-order chi connectivity index (χ1) is 21.6. The van der Waals surface area contributed by atoms with Gasteiger partial charge in [0.25, 0.3) is 0 Å². The first-order valence-corrected chi connectivity index (χ1v) is 14.8. The maximum atomic E-state index is 13.4. The summed E-state index contributed by atoms with van der Waals surface area (Å²) in [6.45, 7) is 1.26. The molecule has 0 aromatic heterocycles. The van der Waals surface area contributed by atoms with Gasteiger partial charge in [0.15, 0.2) is 0 Å². The average Bonchev–Trinajstić information content (AvgIpc) is 3.04. The summed E-state index contributed by atoms with van der Waals surface area (Å²) in [7, 11) is 0. The molecule has 0 fully saturated rings. The summed E-state index contributed by atoms with van der Waals surface area (Å²) < 4.78 is 0. The number of carbonyl (C=O) groups is 3. The second-order valence-corrected chi connectivity index (χ2v) is 10.8. The topological polar surface area (TPSA) is 69.7 Å². The van der Waals surface area contributed by atoms with E-state index in [0.29, 0.717) is 19.6 Å². The first kappa shape index (κ1) is 28.7. The van der Waals surface area contributed by atoms with Crippen LogP contribution in [0.15, 0.2) is 97.1 Å². The number of para-hydroxylation sites is 2. The number of anilines is 2. The lowest BCUT2D eigenvalue weighted by atomic mass is 10.0. The van der Waals surface area contributed by atoms with Crippen molar-refractivity contribution in [3.8, 4) is 23.7 Å². The molecular weight excluding hydrogens is 546 g/mol. The summed E-state index contributed by atoms with van der Waals surface area (Å²) in [5.41, 5.74) is 6.90. The fourth-order valence-electron chi connectivity index (χ4n) is 5.44. The minimum atomic E-state index is -0.126. The number of rotatable bonds is 8. The van der Waals surface area contributed by atoms with Gasteiger partial charge in [0.2, 0.25) is 11.8 Å². The number of nitrogens with zero attached hydrogens (tertiary/aromatic N) is 2. The van der Waals surface area contributed by atoms with Crippen LogP contribution < -0.4 is 15.1 Å². The molecule has 6 nitrogen and oxygen atoms in total. The smallest absolute Gasteiger partial charge is 0.228 e. The Kier molecular flexibility index (Phi) is 8.64. The van der Waals surface area contributed by atoms with Crippen molar-refractivity contribution < 1.29 is 14.4 Å². The Labute approximate surface area is 257 Å². The van der Waals surface area contributed by atoms with Gasteiger partial charge in [0.1, 0.15) is 5.78 Å². The molecule has 216 valence electrons. The number of hydrogen-bond acceptors (Lipinski definition) is 4. The van der Waals surface area contributed by atoms with E-state index in [2.05, 4.69) is 29.0 Å². The van der Waals surface area contributed by atoms with Crippen LogP contribution in [0.4, 0.5) is 11.4 Å². The van der Waals surface area contributed by atoms with E-state index in [4.69, 9.17) is 0 Å². The van der Waals surface area contributed by atoms with E-state index in [1.54, 1.807) is 9.80 Å².